The number of carbonyl (C=O) groups excluding carboxylic acids is 1. The molecular weight excluding hydrogens is 280 g/mol. The fourth-order valence-corrected chi connectivity index (χ4v) is 2.67. The Morgan fingerprint density at radius 2 is 1.81 bits per heavy atom. The number of anilines is 2. The number of benzene rings is 2. The van der Waals surface area contributed by atoms with Gasteiger partial charge in [-0.3, -0.25) is 4.79 Å². The zero-order chi connectivity index (χ0) is 15.2. The average molecular weight is 300 g/mol. The van der Waals surface area contributed by atoms with Gasteiger partial charge in [0.2, 0.25) is 5.91 Å². The van der Waals surface area contributed by atoms with E-state index in [1.807, 2.05) is 48.5 Å². The van der Waals surface area contributed by atoms with Gasteiger partial charge < -0.3 is 11.1 Å². The van der Waals surface area contributed by atoms with Crippen LogP contribution in [0.4, 0.5) is 11.4 Å². The van der Waals surface area contributed by atoms with E-state index in [2.05, 4.69) is 19.2 Å². The second-order valence-electron chi connectivity index (χ2n) is 5.15. The van der Waals surface area contributed by atoms with Crippen LogP contribution in [-0.2, 0) is 4.79 Å². The van der Waals surface area contributed by atoms with Crippen molar-refractivity contribution in [3.8, 4) is 0 Å². The van der Waals surface area contributed by atoms with Crippen molar-refractivity contribution in [2.75, 3.05) is 16.8 Å². The van der Waals surface area contributed by atoms with Crippen molar-refractivity contribution < 1.29 is 4.79 Å². The second kappa shape index (κ2) is 7.18. The summed E-state index contributed by atoms with van der Waals surface area (Å²) in [4.78, 5) is 12.9. The minimum absolute atomic E-state index is 0.0273. The van der Waals surface area contributed by atoms with Crippen LogP contribution in [0.1, 0.15) is 25.3 Å². The van der Waals surface area contributed by atoms with Gasteiger partial charge in [-0.1, -0.05) is 38.1 Å². The first kappa shape index (κ1) is 15.4. The highest BCUT2D eigenvalue weighted by Crippen LogP contribution is 2.24. The van der Waals surface area contributed by atoms with Gasteiger partial charge in [-0.05, 0) is 35.7 Å². The normalized spacial score (nSPS) is 10.6. The van der Waals surface area contributed by atoms with Gasteiger partial charge in [0.1, 0.15) is 0 Å². The molecule has 0 aromatic heterocycles. The third-order valence-electron chi connectivity index (χ3n) is 3.14. The molecule has 0 aliphatic rings. The zero-order valence-electron chi connectivity index (χ0n) is 12.3. The van der Waals surface area contributed by atoms with E-state index in [1.54, 1.807) is 0 Å². The summed E-state index contributed by atoms with van der Waals surface area (Å²) in [5.41, 5.74) is 8.65. The molecule has 0 atom stereocenters. The molecule has 0 fully saturated rings. The number of nitrogens with two attached hydrogens (primary N) is 1. The summed E-state index contributed by atoms with van der Waals surface area (Å²) >= 11 is 1.45. The molecule has 2 aromatic carbocycles. The third-order valence-corrected chi connectivity index (χ3v) is 4.23. The predicted octanol–water partition coefficient (Wildman–Crippen LogP) is 4.12. The van der Waals surface area contributed by atoms with E-state index in [4.69, 9.17) is 5.73 Å². The van der Waals surface area contributed by atoms with E-state index in [9.17, 15) is 4.79 Å². The molecule has 0 aliphatic carbocycles. The number of nitrogen functional groups attached to an aromatic ring is 1. The quantitative estimate of drug-likeness (QED) is 0.645. The van der Waals surface area contributed by atoms with Crippen molar-refractivity contribution in [1.82, 2.24) is 0 Å². The van der Waals surface area contributed by atoms with E-state index in [0.29, 0.717) is 17.4 Å². The van der Waals surface area contributed by atoms with Crippen LogP contribution in [-0.4, -0.2) is 11.7 Å². The average Bonchev–Trinajstić information content (AvgIpc) is 2.47. The Kier molecular flexibility index (Phi) is 5.28. The van der Waals surface area contributed by atoms with Crippen molar-refractivity contribution in [2.45, 2.75) is 24.7 Å². The number of hydrogen-bond donors (Lipinski definition) is 2. The first-order valence-corrected chi connectivity index (χ1v) is 7.92. The standard InChI is InChI=1S/C17H20N2OS/c1-12(2)13-7-9-14(10-8-13)19-17(20)11-21-16-6-4-3-5-15(16)18/h3-10,12H,11,18H2,1-2H3,(H,19,20). The molecule has 0 radical (unpaired) electrons. The molecule has 4 heteroatoms. The van der Waals surface area contributed by atoms with Gasteiger partial charge >= 0.3 is 0 Å². The third kappa shape index (κ3) is 4.53. The maximum Gasteiger partial charge on any atom is 0.234 e. The number of para-hydroxylation sites is 1. The van der Waals surface area contributed by atoms with Crippen LogP contribution in [0, 0.1) is 0 Å². The van der Waals surface area contributed by atoms with Crippen LogP contribution in [0.25, 0.3) is 0 Å². The first-order chi connectivity index (χ1) is 10.1. The molecule has 0 bridgehead atoms. The molecule has 3 N–H and O–H groups in total. The highest BCUT2D eigenvalue weighted by molar-refractivity contribution is 8.00. The monoisotopic (exact) mass is 300 g/mol. The lowest BCUT2D eigenvalue weighted by Gasteiger charge is -2.09. The Labute approximate surface area is 129 Å². The lowest BCUT2D eigenvalue weighted by molar-refractivity contribution is -0.113. The van der Waals surface area contributed by atoms with E-state index in [-0.39, 0.29) is 5.91 Å². The molecule has 0 saturated carbocycles. The van der Waals surface area contributed by atoms with Gasteiger partial charge in [-0.2, -0.15) is 0 Å². The predicted molar refractivity (Wildman–Crippen MR) is 90.7 cm³/mol. The lowest BCUT2D eigenvalue weighted by atomic mass is 10.0. The maximum atomic E-state index is 11.9. The SMILES string of the molecule is CC(C)c1ccc(NC(=O)CSc2ccccc2N)cc1. The van der Waals surface area contributed by atoms with Crippen molar-refractivity contribution in [3.05, 3.63) is 54.1 Å². The molecule has 0 saturated heterocycles. The second-order valence-corrected chi connectivity index (χ2v) is 6.17. The number of thioether (sulfide) groups is 1. The van der Waals surface area contributed by atoms with E-state index >= 15 is 0 Å². The zero-order valence-corrected chi connectivity index (χ0v) is 13.1. The molecular formula is C17H20N2OS. The topological polar surface area (TPSA) is 55.1 Å². The smallest absolute Gasteiger partial charge is 0.234 e. The number of amides is 1. The number of hydrogen-bond acceptors (Lipinski definition) is 3. The van der Waals surface area contributed by atoms with Gasteiger partial charge in [0.15, 0.2) is 0 Å². The molecule has 2 rings (SSSR count). The number of rotatable bonds is 5. The van der Waals surface area contributed by atoms with Crippen molar-refractivity contribution >= 4 is 29.0 Å². The Balaban J connectivity index is 1.88. The molecule has 110 valence electrons. The van der Waals surface area contributed by atoms with Gasteiger partial charge in [0, 0.05) is 16.3 Å². The Bertz CT molecular complexity index is 608. The molecule has 1 amide bonds. The minimum atomic E-state index is -0.0273. The summed E-state index contributed by atoms with van der Waals surface area (Å²) in [6.45, 7) is 4.29. The van der Waals surface area contributed by atoms with Gasteiger partial charge in [0.25, 0.3) is 0 Å². The van der Waals surface area contributed by atoms with Crippen LogP contribution in [0.15, 0.2) is 53.4 Å². The van der Waals surface area contributed by atoms with Gasteiger partial charge in [-0.15, -0.1) is 11.8 Å². The van der Waals surface area contributed by atoms with Crippen LogP contribution in [0.2, 0.25) is 0 Å². The summed E-state index contributed by atoms with van der Waals surface area (Å²) in [6.07, 6.45) is 0. The minimum Gasteiger partial charge on any atom is -0.398 e. The number of carbonyl (C=O) groups is 1. The molecule has 2 aromatic rings. The fraction of sp³-hybridized carbons (Fsp3) is 0.235. The summed E-state index contributed by atoms with van der Waals surface area (Å²) in [6, 6.07) is 15.5. The van der Waals surface area contributed by atoms with Crippen LogP contribution < -0.4 is 11.1 Å². The number of nitrogens with one attached hydrogen (secondary N) is 1. The van der Waals surface area contributed by atoms with E-state index < -0.39 is 0 Å². The fourth-order valence-electron chi connectivity index (χ4n) is 1.90. The molecule has 0 aliphatic heterocycles. The van der Waals surface area contributed by atoms with Gasteiger partial charge in [-0.25, -0.2) is 0 Å². The molecule has 21 heavy (non-hydrogen) atoms. The van der Waals surface area contributed by atoms with Crippen molar-refractivity contribution in [1.29, 1.82) is 0 Å². The Morgan fingerprint density at radius 3 is 2.43 bits per heavy atom. The maximum absolute atomic E-state index is 11.9. The molecule has 3 nitrogen and oxygen atoms in total. The summed E-state index contributed by atoms with van der Waals surface area (Å²) in [7, 11) is 0. The molecule has 0 unspecified atom stereocenters. The van der Waals surface area contributed by atoms with Crippen LogP contribution in [0.3, 0.4) is 0 Å². The molecule has 0 heterocycles. The Morgan fingerprint density at radius 1 is 1.14 bits per heavy atom. The van der Waals surface area contributed by atoms with Crippen LogP contribution >= 0.6 is 11.8 Å². The highest BCUT2D eigenvalue weighted by atomic mass is 32.2. The summed E-state index contributed by atoms with van der Waals surface area (Å²) in [5, 5.41) is 2.90. The van der Waals surface area contributed by atoms with Crippen LogP contribution in [0.5, 0.6) is 0 Å². The highest BCUT2D eigenvalue weighted by Gasteiger charge is 2.06. The van der Waals surface area contributed by atoms with Crippen molar-refractivity contribution in [3.63, 3.8) is 0 Å². The first-order valence-electron chi connectivity index (χ1n) is 6.93. The molecule has 0 spiro atoms. The Hall–Kier alpha value is -1.94. The largest absolute Gasteiger partial charge is 0.398 e. The van der Waals surface area contributed by atoms with Crippen molar-refractivity contribution in [2.24, 2.45) is 0 Å². The summed E-state index contributed by atoms with van der Waals surface area (Å²) < 4.78 is 0. The van der Waals surface area contributed by atoms with E-state index in [0.717, 1.165) is 10.6 Å². The lowest BCUT2D eigenvalue weighted by Crippen LogP contribution is -2.14. The van der Waals surface area contributed by atoms with E-state index in [1.165, 1.54) is 17.3 Å². The summed E-state index contributed by atoms with van der Waals surface area (Å²) in [5.74, 6) is 0.812. The van der Waals surface area contributed by atoms with Gasteiger partial charge in [0.05, 0.1) is 5.75 Å².